The smallest absolute Gasteiger partial charge is 0.262 e. The van der Waals surface area contributed by atoms with Crippen LogP contribution in [0.1, 0.15) is 37.9 Å². The highest BCUT2D eigenvalue weighted by Gasteiger charge is 2.57. The Balaban J connectivity index is 1.61. The molecule has 148 valence electrons. The first-order valence-corrected chi connectivity index (χ1v) is 10.4. The van der Waals surface area contributed by atoms with Crippen LogP contribution in [0.25, 0.3) is 0 Å². The maximum atomic E-state index is 13.3. The second-order valence-corrected chi connectivity index (χ2v) is 8.34. The molecule has 30 heavy (non-hydrogen) atoms. The summed E-state index contributed by atoms with van der Waals surface area (Å²) in [6.07, 6.45) is 0. The molecule has 5 rings (SSSR count). The Hall–Kier alpha value is -3.25. The highest BCUT2D eigenvalue weighted by Crippen LogP contribution is 2.45. The fourth-order valence-corrected chi connectivity index (χ4v) is 4.72. The minimum absolute atomic E-state index is 0.269. The molecule has 1 fully saturated rings. The Labute approximate surface area is 182 Å². The molecule has 0 aromatic heterocycles. The van der Waals surface area contributed by atoms with E-state index >= 15 is 0 Å². The largest absolute Gasteiger partial charge is 0.300 e. The van der Waals surface area contributed by atoms with E-state index in [1.54, 1.807) is 29.2 Å². The van der Waals surface area contributed by atoms with Crippen molar-refractivity contribution in [2.24, 2.45) is 0 Å². The first-order chi connectivity index (χ1) is 14.5. The van der Waals surface area contributed by atoms with Gasteiger partial charge in [-0.2, -0.15) is 0 Å². The van der Waals surface area contributed by atoms with Crippen molar-refractivity contribution >= 4 is 39.3 Å². The fraction of sp³-hybridized carbons (Fsp3) is 0.125. The molecule has 6 heteroatoms. The van der Waals surface area contributed by atoms with Gasteiger partial charge in [-0.1, -0.05) is 64.0 Å². The standard InChI is InChI=1S/C24H17BrN2O3/c1-14-10-12-15(13-11-14)26-20(18-8-4-5-9-19(18)25)21(24(26)30)27-22(28)16-6-2-3-7-17(16)23(27)29/h2-13,20-21H,1H3/t20-,21-/m0/s1. The highest BCUT2D eigenvalue weighted by atomic mass is 79.9. The molecule has 5 nitrogen and oxygen atoms in total. The van der Waals surface area contributed by atoms with Crippen LogP contribution in [-0.4, -0.2) is 28.7 Å². The number of halogens is 1. The molecule has 3 aromatic carbocycles. The molecule has 3 aromatic rings. The number of rotatable bonds is 3. The van der Waals surface area contributed by atoms with E-state index in [2.05, 4.69) is 15.9 Å². The summed E-state index contributed by atoms with van der Waals surface area (Å²) in [6, 6.07) is 20.6. The Kier molecular flexibility index (Phi) is 4.33. The zero-order chi connectivity index (χ0) is 21.0. The summed E-state index contributed by atoms with van der Waals surface area (Å²) in [4.78, 5) is 42.2. The highest BCUT2D eigenvalue weighted by molar-refractivity contribution is 9.10. The van der Waals surface area contributed by atoms with E-state index in [4.69, 9.17) is 0 Å². The van der Waals surface area contributed by atoms with E-state index < -0.39 is 23.9 Å². The normalized spacial score (nSPS) is 20.4. The first-order valence-electron chi connectivity index (χ1n) is 9.60. The average molecular weight is 461 g/mol. The van der Waals surface area contributed by atoms with Gasteiger partial charge >= 0.3 is 0 Å². The van der Waals surface area contributed by atoms with Crippen LogP contribution in [0.4, 0.5) is 5.69 Å². The maximum Gasteiger partial charge on any atom is 0.262 e. The van der Waals surface area contributed by atoms with E-state index in [9.17, 15) is 14.4 Å². The summed E-state index contributed by atoms with van der Waals surface area (Å²) in [6.45, 7) is 1.98. The summed E-state index contributed by atoms with van der Waals surface area (Å²) in [5.41, 5.74) is 3.35. The summed E-state index contributed by atoms with van der Waals surface area (Å²) in [5, 5.41) is 0. The molecular formula is C24H17BrN2O3. The molecule has 2 heterocycles. The number of β-lactam (4-membered cyclic amide) rings is 1. The monoisotopic (exact) mass is 460 g/mol. The first kappa shape index (κ1) is 18.8. The van der Waals surface area contributed by atoms with Crippen LogP contribution >= 0.6 is 15.9 Å². The zero-order valence-electron chi connectivity index (χ0n) is 16.1. The number of fused-ring (bicyclic) bond motifs is 1. The molecule has 0 bridgehead atoms. The third-order valence-electron chi connectivity index (χ3n) is 5.71. The molecule has 0 unspecified atom stereocenters. The van der Waals surface area contributed by atoms with E-state index in [0.29, 0.717) is 11.1 Å². The summed E-state index contributed by atoms with van der Waals surface area (Å²) >= 11 is 3.57. The van der Waals surface area contributed by atoms with Gasteiger partial charge in [-0.15, -0.1) is 0 Å². The van der Waals surface area contributed by atoms with Crippen molar-refractivity contribution in [3.05, 3.63) is 99.5 Å². The molecular weight excluding hydrogens is 444 g/mol. The van der Waals surface area contributed by atoms with Gasteiger partial charge in [0.2, 0.25) is 0 Å². The molecule has 0 N–H and O–H groups in total. The quantitative estimate of drug-likeness (QED) is 0.426. The van der Waals surface area contributed by atoms with Crippen LogP contribution in [-0.2, 0) is 4.79 Å². The third-order valence-corrected chi connectivity index (χ3v) is 6.43. The molecule has 3 amide bonds. The number of nitrogens with zero attached hydrogens (tertiary/aromatic N) is 2. The molecule has 2 atom stereocenters. The molecule has 0 radical (unpaired) electrons. The van der Waals surface area contributed by atoms with E-state index in [1.165, 1.54) is 0 Å². The summed E-state index contributed by atoms with van der Waals surface area (Å²) in [7, 11) is 0. The van der Waals surface area contributed by atoms with Crippen LogP contribution in [0.5, 0.6) is 0 Å². The molecule has 0 saturated carbocycles. The minimum atomic E-state index is -0.891. The predicted octanol–water partition coefficient (Wildman–Crippen LogP) is 4.51. The number of hydrogen-bond donors (Lipinski definition) is 0. The second-order valence-electron chi connectivity index (χ2n) is 7.48. The van der Waals surface area contributed by atoms with Crippen molar-refractivity contribution in [2.75, 3.05) is 4.90 Å². The molecule has 2 aliphatic rings. The molecule has 2 aliphatic heterocycles. The van der Waals surface area contributed by atoms with Gasteiger partial charge < -0.3 is 4.90 Å². The van der Waals surface area contributed by atoms with Gasteiger partial charge in [0.05, 0.1) is 17.2 Å². The van der Waals surface area contributed by atoms with Crippen molar-refractivity contribution in [1.82, 2.24) is 4.90 Å². The Morgan fingerprint density at radius 1 is 0.700 bits per heavy atom. The molecule has 1 saturated heterocycles. The number of aryl methyl sites for hydroxylation is 1. The van der Waals surface area contributed by atoms with E-state index in [1.807, 2.05) is 55.5 Å². The van der Waals surface area contributed by atoms with Gasteiger partial charge in [0.15, 0.2) is 0 Å². The average Bonchev–Trinajstić information content (AvgIpc) is 3.00. The van der Waals surface area contributed by atoms with Gasteiger partial charge in [0.1, 0.15) is 6.04 Å². The van der Waals surface area contributed by atoms with E-state index in [-0.39, 0.29) is 5.91 Å². The van der Waals surface area contributed by atoms with Crippen LogP contribution in [0.3, 0.4) is 0 Å². The van der Waals surface area contributed by atoms with Crippen LogP contribution in [0.2, 0.25) is 0 Å². The van der Waals surface area contributed by atoms with Gasteiger partial charge in [-0.25, -0.2) is 0 Å². The number of amides is 3. The third kappa shape index (κ3) is 2.64. The predicted molar refractivity (Wildman–Crippen MR) is 116 cm³/mol. The minimum Gasteiger partial charge on any atom is -0.300 e. The summed E-state index contributed by atoms with van der Waals surface area (Å²) in [5.74, 6) is -1.11. The zero-order valence-corrected chi connectivity index (χ0v) is 17.7. The number of benzene rings is 3. The Morgan fingerprint density at radius 2 is 1.27 bits per heavy atom. The lowest BCUT2D eigenvalue weighted by atomic mass is 9.86. The topological polar surface area (TPSA) is 57.7 Å². The van der Waals surface area contributed by atoms with Gasteiger partial charge in [0, 0.05) is 10.2 Å². The lowest BCUT2D eigenvalue weighted by molar-refractivity contribution is -0.130. The van der Waals surface area contributed by atoms with Gasteiger partial charge in [-0.3, -0.25) is 19.3 Å². The van der Waals surface area contributed by atoms with Crippen molar-refractivity contribution in [1.29, 1.82) is 0 Å². The molecule has 0 spiro atoms. The second kappa shape index (κ2) is 6.92. The molecule has 0 aliphatic carbocycles. The van der Waals surface area contributed by atoms with Gasteiger partial charge in [0.25, 0.3) is 17.7 Å². The lowest BCUT2D eigenvalue weighted by Crippen LogP contribution is -2.67. The van der Waals surface area contributed by atoms with Crippen molar-refractivity contribution in [3.63, 3.8) is 0 Å². The Morgan fingerprint density at radius 3 is 1.87 bits per heavy atom. The maximum absolute atomic E-state index is 13.3. The lowest BCUT2D eigenvalue weighted by Gasteiger charge is -2.50. The number of carbonyl (C=O) groups is 3. The number of carbonyl (C=O) groups excluding carboxylic acids is 3. The number of anilines is 1. The van der Waals surface area contributed by atoms with Crippen LogP contribution in [0, 0.1) is 6.92 Å². The van der Waals surface area contributed by atoms with Crippen LogP contribution in [0.15, 0.2) is 77.3 Å². The SMILES string of the molecule is Cc1ccc(N2C(=O)[C@@H](N3C(=O)c4ccccc4C3=O)[C@@H]2c2ccccc2Br)cc1. The summed E-state index contributed by atoms with van der Waals surface area (Å²) < 4.78 is 0.821. The Bertz CT molecular complexity index is 1170. The number of imide groups is 1. The fourth-order valence-electron chi connectivity index (χ4n) is 4.20. The van der Waals surface area contributed by atoms with Crippen molar-refractivity contribution < 1.29 is 14.4 Å². The van der Waals surface area contributed by atoms with Gasteiger partial charge in [-0.05, 0) is 42.8 Å². The number of hydrogen-bond acceptors (Lipinski definition) is 3. The van der Waals surface area contributed by atoms with Crippen molar-refractivity contribution in [2.45, 2.75) is 19.0 Å². The van der Waals surface area contributed by atoms with Crippen molar-refractivity contribution in [3.8, 4) is 0 Å². The van der Waals surface area contributed by atoms with E-state index in [0.717, 1.165) is 26.2 Å². The van der Waals surface area contributed by atoms with Crippen LogP contribution < -0.4 is 4.90 Å².